The molecule has 0 bridgehead atoms. The smallest absolute Gasteiger partial charge is 0.287 e. The van der Waals surface area contributed by atoms with Crippen LogP contribution in [0.3, 0.4) is 0 Å². The van der Waals surface area contributed by atoms with E-state index in [0.29, 0.717) is 5.76 Å². The number of benzene rings is 1. The molecule has 26 heavy (non-hydrogen) atoms. The second kappa shape index (κ2) is 8.49. The normalized spacial score (nSPS) is 14.7. The zero-order chi connectivity index (χ0) is 18.8. The predicted molar refractivity (Wildman–Crippen MR) is 104 cm³/mol. The van der Waals surface area contributed by atoms with Crippen molar-refractivity contribution in [3.63, 3.8) is 0 Å². The maximum absolute atomic E-state index is 12.2. The minimum Gasteiger partial charge on any atom is -0.482 e. The fourth-order valence-corrected chi connectivity index (χ4v) is 3.99. The summed E-state index contributed by atoms with van der Waals surface area (Å²) in [5, 5.41) is 3.22. The van der Waals surface area contributed by atoms with E-state index in [0.717, 1.165) is 25.7 Å². The van der Waals surface area contributed by atoms with Crippen LogP contribution >= 0.6 is 58.0 Å². The van der Waals surface area contributed by atoms with Crippen molar-refractivity contribution in [3.8, 4) is 5.75 Å². The summed E-state index contributed by atoms with van der Waals surface area (Å²) in [5.74, 6) is 0.508. The number of amides is 1. The average molecular weight is 458 g/mol. The summed E-state index contributed by atoms with van der Waals surface area (Å²) in [5.41, 5.74) is 0. The van der Waals surface area contributed by atoms with Gasteiger partial charge in [0.05, 0.1) is 15.1 Å². The molecule has 1 aliphatic rings. The van der Waals surface area contributed by atoms with E-state index in [1.807, 2.05) is 0 Å². The van der Waals surface area contributed by atoms with Crippen molar-refractivity contribution in [1.82, 2.24) is 5.32 Å². The first-order valence-corrected chi connectivity index (χ1v) is 9.81. The molecule has 1 saturated carbocycles. The lowest BCUT2D eigenvalue weighted by atomic mass is 10.2. The Kier molecular flexibility index (Phi) is 6.52. The molecule has 0 saturated heterocycles. The van der Waals surface area contributed by atoms with Crippen LogP contribution in [0.4, 0.5) is 0 Å². The van der Waals surface area contributed by atoms with Gasteiger partial charge < -0.3 is 14.5 Å². The van der Waals surface area contributed by atoms with Gasteiger partial charge in [-0.15, -0.1) is 0 Å². The Morgan fingerprint density at radius 3 is 2.19 bits per heavy atom. The van der Waals surface area contributed by atoms with Crippen molar-refractivity contribution in [2.75, 3.05) is 0 Å². The monoisotopic (exact) mass is 455 g/mol. The van der Waals surface area contributed by atoms with Crippen molar-refractivity contribution in [1.29, 1.82) is 0 Å². The fraction of sp³-hybridized carbons (Fsp3) is 0.353. The third-order valence-electron chi connectivity index (χ3n) is 4.10. The number of carbonyl (C=O) groups excluding carboxylic acids is 1. The topological polar surface area (TPSA) is 51.5 Å². The molecule has 9 heteroatoms. The molecule has 0 aliphatic heterocycles. The quantitative estimate of drug-likeness (QED) is 0.397. The van der Waals surface area contributed by atoms with E-state index in [1.165, 1.54) is 0 Å². The first kappa shape index (κ1) is 20.0. The molecule has 1 amide bonds. The lowest BCUT2D eigenvalue weighted by Crippen LogP contribution is -2.32. The van der Waals surface area contributed by atoms with Crippen LogP contribution in [0.5, 0.6) is 5.75 Å². The van der Waals surface area contributed by atoms with Gasteiger partial charge in [0.15, 0.2) is 11.5 Å². The van der Waals surface area contributed by atoms with E-state index >= 15 is 0 Å². The molecule has 3 rings (SSSR count). The molecule has 140 valence electrons. The van der Waals surface area contributed by atoms with Crippen LogP contribution in [0.2, 0.25) is 25.1 Å². The summed E-state index contributed by atoms with van der Waals surface area (Å²) in [7, 11) is 0. The van der Waals surface area contributed by atoms with Crippen LogP contribution in [0, 0.1) is 0 Å². The molecular formula is C17H14Cl5NO3. The van der Waals surface area contributed by atoms with Crippen LogP contribution in [-0.2, 0) is 6.61 Å². The number of hydrogen-bond donors (Lipinski definition) is 1. The number of ether oxygens (including phenoxy) is 1. The summed E-state index contributed by atoms with van der Waals surface area (Å²) in [4.78, 5) is 12.2. The van der Waals surface area contributed by atoms with E-state index in [4.69, 9.17) is 67.2 Å². The summed E-state index contributed by atoms with van der Waals surface area (Å²) in [6.07, 6.45) is 4.26. The maximum Gasteiger partial charge on any atom is 0.287 e. The number of furan rings is 1. The van der Waals surface area contributed by atoms with Crippen molar-refractivity contribution in [2.45, 2.75) is 38.3 Å². The SMILES string of the molecule is O=C(NC1CCCC1)c1ccc(COc2c(Cl)c(Cl)c(Cl)c(Cl)c2Cl)o1. The molecule has 1 aliphatic carbocycles. The minimum atomic E-state index is -0.239. The van der Waals surface area contributed by atoms with Gasteiger partial charge in [-0.05, 0) is 25.0 Å². The molecule has 4 nitrogen and oxygen atoms in total. The Balaban J connectivity index is 1.68. The van der Waals surface area contributed by atoms with Gasteiger partial charge in [0.2, 0.25) is 0 Å². The standard InChI is InChI=1S/C17H14Cl5NO3/c18-11-12(19)14(21)16(15(22)13(11)20)25-7-9-5-6-10(26-9)17(24)23-8-3-1-2-4-8/h5-6,8H,1-4,7H2,(H,23,24). The Hall–Kier alpha value is -0.780. The van der Waals surface area contributed by atoms with Gasteiger partial charge in [0, 0.05) is 6.04 Å². The molecule has 0 unspecified atom stereocenters. The first-order chi connectivity index (χ1) is 12.4. The number of hydrogen-bond acceptors (Lipinski definition) is 3. The van der Waals surface area contributed by atoms with E-state index in [9.17, 15) is 4.79 Å². The maximum atomic E-state index is 12.2. The van der Waals surface area contributed by atoms with Crippen LogP contribution in [0.15, 0.2) is 16.5 Å². The van der Waals surface area contributed by atoms with E-state index in [2.05, 4.69) is 5.32 Å². The molecular weight excluding hydrogens is 443 g/mol. The van der Waals surface area contributed by atoms with E-state index < -0.39 is 0 Å². The third-order valence-corrected chi connectivity index (χ3v) is 6.35. The highest BCUT2D eigenvalue weighted by Gasteiger charge is 2.22. The van der Waals surface area contributed by atoms with Crippen molar-refractivity contribution in [3.05, 3.63) is 48.8 Å². The Bertz CT molecular complexity index is 801. The number of rotatable bonds is 5. The first-order valence-electron chi connectivity index (χ1n) is 7.92. The minimum absolute atomic E-state index is 0.00949. The van der Waals surface area contributed by atoms with Crippen molar-refractivity contribution >= 4 is 63.9 Å². The highest BCUT2D eigenvalue weighted by atomic mass is 35.5. The molecule has 1 fully saturated rings. The van der Waals surface area contributed by atoms with Gasteiger partial charge in [0.1, 0.15) is 22.4 Å². The Morgan fingerprint density at radius 2 is 1.58 bits per heavy atom. The summed E-state index contributed by atoms with van der Waals surface area (Å²) in [6, 6.07) is 3.45. The van der Waals surface area contributed by atoms with E-state index in [1.54, 1.807) is 12.1 Å². The summed E-state index contributed by atoms with van der Waals surface area (Å²) >= 11 is 30.2. The summed E-state index contributed by atoms with van der Waals surface area (Å²) in [6.45, 7) is -0.00949. The van der Waals surface area contributed by atoms with Crippen LogP contribution < -0.4 is 10.1 Å². The van der Waals surface area contributed by atoms with Crippen LogP contribution in [0.1, 0.15) is 42.0 Å². The molecule has 0 spiro atoms. The van der Waals surface area contributed by atoms with Crippen LogP contribution in [-0.4, -0.2) is 11.9 Å². The lowest BCUT2D eigenvalue weighted by molar-refractivity contribution is 0.0905. The fourth-order valence-electron chi connectivity index (χ4n) is 2.76. The average Bonchev–Trinajstić information content (AvgIpc) is 3.30. The lowest BCUT2D eigenvalue weighted by Gasteiger charge is -2.13. The van der Waals surface area contributed by atoms with Gasteiger partial charge in [-0.2, -0.15) is 0 Å². The van der Waals surface area contributed by atoms with Gasteiger partial charge >= 0.3 is 0 Å². The molecule has 1 aromatic carbocycles. The largest absolute Gasteiger partial charge is 0.482 e. The molecule has 2 aromatic rings. The van der Waals surface area contributed by atoms with Gasteiger partial charge in [-0.3, -0.25) is 4.79 Å². The van der Waals surface area contributed by atoms with Gasteiger partial charge in [-0.25, -0.2) is 0 Å². The third kappa shape index (κ3) is 4.20. The molecule has 0 atom stereocenters. The molecule has 1 heterocycles. The molecule has 1 aromatic heterocycles. The zero-order valence-corrected chi connectivity index (χ0v) is 17.2. The predicted octanol–water partition coefficient (Wildman–Crippen LogP) is 6.80. The second-order valence-corrected chi connectivity index (χ2v) is 7.80. The van der Waals surface area contributed by atoms with Crippen molar-refractivity contribution < 1.29 is 13.9 Å². The van der Waals surface area contributed by atoms with E-state index in [-0.39, 0.29) is 55.2 Å². The second-order valence-electron chi connectivity index (χ2n) is 5.91. The highest BCUT2D eigenvalue weighted by molar-refractivity contribution is 6.55. The van der Waals surface area contributed by atoms with Gasteiger partial charge in [0.25, 0.3) is 5.91 Å². The molecule has 1 N–H and O–H groups in total. The van der Waals surface area contributed by atoms with Crippen LogP contribution in [0.25, 0.3) is 0 Å². The Morgan fingerprint density at radius 1 is 1.00 bits per heavy atom. The van der Waals surface area contributed by atoms with Gasteiger partial charge in [-0.1, -0.05) is 70.8 Å². The number of nitrogens with one attached hydrogen (secondary N) is 1. The number of halogens is 5. The Labute approximate surface area is 175 Å². The molecule has 0 radical (unpaired) electrons. The highest BCUT2D eigenvalue weighted by Crippen LogP contribution is 2.48. The summed E-state index contributed by atoms with van der Waals surface area (Å²) < 4.78 is 11.1. The zero-order valence-electron chi connectivity index (χ0n) is 13.4. The number of carbonyl (C=O) groups is 1. The van der Waals surface area contributed by atoms with Crippen molar-refractivity contribution in [2.24, 2.45) is 0 Å².